The molecule has 3 aromatic carbocycles. The summed E-state index contributed by atoms with van der Waals surface area (Å²) >= 11 is 0. The second-order valence-electron chi connectivity index (χ2n) is 6.77. The van der Waals surface area contributed by atoms with Gasteiger partial charge in [-0.3, -0.25) is 9.78 Å². The largest absolute Gasteiger partial charge is 0.348 e. The lowest BCUT2D eigenvalue weighted by atomic mass is 9.91. The van der Waals surface area contributed by atoms with Crippen LogP contribution in [0.15, 0.2) is 66.9 Å². The molecule has 5 rings (SSSR count). The molecule has 0 fully saturated rings. The Bertz CT molecular complexity index is 1270. The van der Waals surface area contributed by atoms with Crippen molar-refractivity contribution in [3.63, 3.8) is 0 Å². The fourth-order valence-corrected chi connectivity index (χ4v) is 3.70. The summed E-state index contributed by atoms with van der Waals surface area (Å²) in [6.07, 6.45) is 1.73. The van der Waals surface area contributed by atoms with Crippen molar-refractivity contribution in [1.29, 1.82) is 0 Å². The van der Waals surface area contributed by atoms with Gasteiger partial charge in [0.2, 0.25) is 0 Å². The van der Waals surface area contributed by atoms with Gasteiger partial charge in [-0.05, 0) is 58.7 Å². The number of halogens is 2. The summed E-state index contributed by atoms with van der Waals surface area (Å²) in [5, 5.41) is 3.84. The number of amides is 1. The van der Waals surface area contributed by atoms with Crippen molar-refractivity contribution < 1.29 is 13.6 Å². The van der Waals surface area contributed by atoms with Crippen LogP contribution in [0.3, 0.4) is 0 Å². The highest BCUT2D eigenvalue weighted by atomic mass is 19.1. The number of nitrogens with zero attached hydrogens (tertiary/aromatic N) is 1. The molecule has 1 aromatic heterocycles. The standard InChI is InChI=1S/C23H14F2N2O/c24-16-5-6-17(21(25)11-16)15-8-18(20-12-27-23(28)19(20)9-15)14-4-3-13-2-1-7-26-22(13)10-14/h1-11H,12H2,(H,27,28). The number of benzene rings is 3. The summed E-state index contributed by atoms with van der Waals surface area (Å²) in [4.78, 5) is 16.7. The van der Waals surface area contributed by atoms with E-state index in [1.54, 1.807) is 12.3 Å². The third-order valence-electron chi connectivity index (χ3n) is 5.08. The molecule has 1 N–H and O–H groups in total. The van der Waals surface area contributed by atoms with Gasteiger partial charge in [0.05, 0.1) is 5.52 Å². The number of pyridine rings is 1. The lowest BCUT2D eigenvalue weighted by molar-refractivity contribution is 0.0966. The Morgan fingerprint density at radius 3 is 2.57 bits per heavy atom. The first-order chi connectivity index (χ1) is 13.6. The van der Waals surface area contributed by atoms with Gasteiger partial charge in [0.1, 0.15) is 11.6 Å². The van der Waals surface area contributed by atoms with Crippen LogP contribution in [0.1, 0.15) is 15.9 Å². The molecule has 0 aliphatic carbocycles. The number of rotatable bonds is 2. The van der Waals surface area contributed by atoms with E-state index in [1.807, 2.05) is 36.4 Å². The summed E-state index contributed by atoms with van der Waals surface area (Å²) in [6, 6.07) is 16.7. The van der Waals surface area contributed by atoms with Crippen LogP contribution in [-0.4, -0.2) is 10.9 Å². The molecule has 136 valence electrons. The Morgan fingerprint density at radius 2 is 1.71 bits per heavy atom. The van der Waals surface area contributed by atoms with Gasteiger partial charge in [-0.1, -0.05) is 18.2 Å². The van der Waals surface area contributed by atoms with Crippen LogP contribution in [0.2, 0.25) is 0 Å². The minimum absolute atomic E-state index is 0.195. The van der Waals surface area contributed by atoms with Gasteiger partial charge < -0.3 is 5.32 Å². The van der Waals surface area contributed by atoms with Gasteiger partial charge in [-0.25, -0.2) is 8.78 Å². The van der Waals surface area contributed by atoms with Gasteiger partial charge in [0.15, 0.2) is 0 Å². The number of nitrogens with one attached hydrogen (secondary N) is 1. The zero-order valence-corrected chi connectivity index (χ0v) is 14.7. The zero-order valence-electron chi connectivity index (χ0n) is 14.7. The molecular weight excluding hydrogens is 358 g/mol. The van der Waals surface area contributed by atoms with Crippen LogP contribution in [-0.2, 0) is 6.54 Å². The van der Waals surface area contributed by atoms with E-state index in [2.05, 4.69) is 10.3 Å². The monoisotopic (exact) mass is 372 g/mol. The van der Waals surface area contributed by atoms with Gasteiger partial charge in [0.25, 0.3) is 5.91 Å². The van der Waals surface area contributed by atoms with E-state index in [0.29, 0.717) is 17.7 Å². The van der Waals surface area contributed by atoms with Crippen molar-refractivity contribution in [1.82, 2.24) is 10.3 Å². The number of carbonyl (C=O) groups is 1. The van der Waals surface area contributed by atoms with Crippen LogP contribution in [0.5, 0.6) is 0 Å². The molecule has 4 aromatic rings. The molecule has 0 unspecified atom stereocenters. The molecule has 0 saturated carbocycles. The lowest BCUT2D eigenvalue weighted by Gasteiger charge is -2.12. The van der Waals surface area contributed by atoms with Crippen molar-refractivity contribution in [3.8, 4) is 22.3 Å². The number of hydrogen-bond donors (Lipinski definition) is 1. The van der Waals surface area contributed by atoms with Gasteiger partial charge in [0, 0.05) is 35.3 Å². The summed E-state index contributed by atoms with van der Waals surface area (Å²) in [7, 11) is 0. The van der Waals surface area contributed by atoms with E-state index in [9.17, 15) is 13.6 Å². The fourth-order valence-electron chi connectivity index (χ4n) is 3.70. The summed E-state index contributed by atoms with van der Waals surface area (Å²) in [6.45, 7) is 0.413. The minimum Gasteiger partial charge on any atom is -0.348 e. The highest BCUT2D eigenvalue weighted by Gasteiger charge is 2.24. The van der Waals surface area contributed by atoms with Crippen LogP contribution < -0.4 is 5.32 Å². The Kier molecular flexibility index (Phi) is 3.69. The molecule has 3 nitrogen and oxygen atoms in total. The van der Waals surface area contributed by atoms with E-state index in [0.717, 1.165) is 33.7 Å². The molecule has 2 heterocycles. The van der Waals surface area contributed by atoms with Crippen LogP contribution >= 0.6 is 0 Å². The van der Waals surface area contributed by atoms with Crippen molar-refractivity contribution in [2.24, 2.45) is 0 Å². The van der Waals surface area contributed by atoms with E-state index in [1.165, 1.54) is 12.1 Å². The molecule has 0 spiro atoms. The predicted molar refractivity (Wildman–Crippen MR) is 104 cm³/mol. The van der Waals surface area contributed by atoms with Gasteiger partial charge in [-0.15, -0.1) is 0 Å². The van der Waals surface area contributed by atoms with Gasteiger partial charge >= 0.3 is 0 Å². The maximum atomic E-state index is 14.4. The number of fused-ring (bicyclic) bond motifs is 2. The number of hydrogen-bond acceptors (Lipinski definition) is 2. The maximum Gasteiger partial charge on any atom is 0.251 e. The van der Waals surface area contributed by atoms with E-state index < -0.39 is 11.6 Å². The molecule has 28 heavy (non-hydrogen) atoms. The van der Waals surface area contributed by atoms with Crippen molar-refractivity contribution in [2.45, 2.75) is 6.54 Å². The third kappa shape index (κ3) is 2.63. The highest BCUT2D eigenvalue weighted by molar-refractivity contribution is 6.02. The van der Waals surface area contributed by atoms with Crippen molar-refractivity contribution in [2.75, 3.05) is 0 Å². The Labute approximate surface area is 159 Å². The highest BCUT2D eigenvalue weighted by Crippen LogP contribution is 2.36. The summed E-state index contributed by atoms with van der Waals surface area (Å²) < 4.78 is 27.7. The molecule has 1 aliphatic rings. The molecule has 1 aliphatic heterocycles. The Hall–Kier alpha value is -3.60. The second-order valence-corrected chi connectivity index (χ2v) is 6.77. The van der Waals surface area contributed by atoms with Crippen LogP contribution in [0.25, 0.3) is 33.2 Å². The van der Waals surface area contributed by atoms with Crippen molar-refractivity contribution in [3.05, 3.63) is 89.6 Å². The Balaban J connectivity index is 1.76. The fraction of sp³-hybridized carbons (Fsp3) is 0.0435. The first-order valence-corrected chi connectivity index (χ1v) is 8.86. The molecular formula is C23H14F2N2O. The normalized spacial score (nSPS) is 12.9. The molecule has 5 heteroatoms. The van der Waals surface area contributed by atoms with E-state index >= 15 is 0 Å². The van der Waals surface area contributed by atoms with Crippen LogP contribution in [0.4, 0.5) is 8.78 Å². The van der Waals surface area contributed by atoms with Crippen molar-refractivity contribution >= 4 is 16.8 Å². The second kappa shape index (κ2) is 6.23. The quantitative estimate of drug-likeness (QED) is 0.533. The van der Waals surface area contributed by atoms with Gasteiger partial charge in [-0.2, -0.15) is 0 Å². The minimum atomic E-state index is -0.663. The first kappa shape index (κ1) is 16.6. The van der Waals surface area contributed by atoms with E-state index in [4.69, 9.17) is 0 Å². The topological polar surface area (TPSA) is 42.0 Å². The molecule has 0 atom stereocenters. The molecule has 1 amide bonds. The zero-order chi connectivity index (χ0) is 19.3. The average molecular weight is 372 g/mol. The SMILES string of the molecule is O=C1NCc2c1cc(-c1ccc(F)cc1F)cc2-c1ccc2cccnc2c1. The molecule has 0 radical (unpaired) electrons. The predicted octanol–water partition coefficient (Wildman–Crippen LogP) is 5.09. The van der Waals surface area contributed by atoms with E-state index in [-0.39, 0.29) is 11.5 Å². The average Bonchev–Trinajstić information content (AvgIpc) is 3.08. The third-order valence-corrected chi connectivity index (χ3v) is 5.08. The molecule has 0 saturated heterocycles. The number of aromatic nitrogens is 1. The smallest absolute Gasteiger partial charge is 0.251 e. The lowest BCUT2D eigenvalue weighted by Crippen LogP contribution is -2.12. The maximum absolute atomic E-state index is 14.4. The Morgan fingerprint density at radius 1 is 0.857 bits per heavy atom. The first-order valence-electron chi connectivity index (χ1n) is 8.86. The van der Waals surface area contributed by atoms with Crippen LogP contribution in [0, 0.1) is 11.6 Å². The number of carbonyl (C=O) groups excluding carboxylic acids is 1. The summed E-state index contributed by atoms with van der Waals surface area (Å²) in [5.74, 6) is -1.50. The summed E-state index contributed by atoms with van der Waals surface area (Å²) in [5.41, 5.74) is 4.73. The molecule has 0 bridgehead atoms.